The molecule has 0 unspecified atom stereocenters. The minimum Gasteiger partial charge on any atom is -0.492 e. The van der Waals surface area contributed by atoms with Crippen LogP contribution in [0.4, 0.5) is 5.69 Å². The van der Waals surface area contributed by atoms with Crippen molar-refractivity contribution in [1.29, 1.82) is 0 Å². The van der Waals surface area contributed by atoms with Crippen LogP contribution in [0.5, 0.6) is 5.75 Å². The number of pyridine rings is 1. The monoisotopic (exact) mass is 441 g/mol. The van der Waals surface area contributed by atoms with Gasteiger partial charge >= 0.3 is 0 Å². The van der Waals surface area contributed by atoms with E-state index in [-0.39, 0.29) is 0 Å². The lowest BCUT2D eigenvalue weighted by atomic mass is 9.96. The zero-order chi connectivity index (χ0) is 21.3. The standard InChI is InChI=1S/C23H28ClN5O2/c24-23(7-1-2-8-23)18-15-26-22-20(19(18)25)27-21(28-22)16-3-5-17(6-4-16)31-14-11-29-9-12-30-13-10-29/h3-6,15H,1-2,7-14H2,(H3,25,26,27,28). The summed E-state index contributed by atoms with van der Waals surface area (Å²) >= 11 is 6.86. The third-order valence-electron chi connectivity index (χ3n) is 6.35. The molecule has 3 N–H and O–H groups in total. The largest absolute Gasteiger partial charge is 0.492 e. The van der Waals surface area contributed by atoms with E-state index in [1.54, 1.807) is 6.20 Å². The van der Waals surface area contributed by atoms with E-state index in [1.165, 1.54) is 0 Å². The number of rotatable bonds is 6. The SMILES string of the molecule is Nc1c(C2(Cl)CCCC2)cnc2nc(-c3ccc(OCCN4CCOCC4)cc3)[nH]c12. The van der Waals surface area contributed by atoms with Crippen LogP contribution in [0.3, 0.4) is 0 Å². The maximum atomic E-state index is 6.86. The van der Waals surface area contributed by atoms with Crippen LogP contribution in [0.2, 0.25) is 0 Å². The Bertz CT molecular complexity index is 1040. The van der Waals surface area contributed by atoms with E-state index in [9.17, 15) is 0 Å². The van der Waals surface area contributed by atoms with Crippen LogP contribution < -0.4 is 10.5 Å². The van der Waals surface area contributed by atoms with Gasteiger partial charge in [-0.3, -0.25) is 4.90 Å². The first-order valence-corrected chi connectivity index (χ1v) is 11.4. The van der Waals surface area contributed by atoms with Crippen LogP contribution >= 0.6 is 11.6 Å². The molecule has 31 heavy (non-hydrogen) atoms. The van der Waals surface area contributed by atoms with Crippen molar-refractivity contribution in [2.75, 3.05) is 45.2 Å². The van der Waals surface area contributed by atoms with Crippen molar-refractivity contribution < 1.29 is 9.47 Å². The van der Waals surface area contributed by atoms with Gasteiger partial charge in [0.05, 0.1) is 23.8 Å². The molecule has 0 atom stereocenters. The molecule has 8 heteroatoms. The van der Waals surface area contributed by atoms with Gasteiger partial charge in [-0.15, -0.1) is 11.6 Å². The van der Waals surface area contributed by atoms with Gasteiger partial charge in [0.15, 0.2) is 5.65 Å². The second kappa shape index (κ2) is 8.65. The Hall–Kier alpha value is -2.35. The van der Waals surface area contributed by atoms with Crippen molar-refractivity contribution >= 4 is 28.5 Å². The maximum absolute atomic E-state index is 6.86. The number of nitrogens with zero attached hydrogens (tertiary/aromatic N) is 3. The van der Waals surface area contributed by atoms with E-state index in [4.69, 9.17) is 26.8 Å². The minimum absolute atomic E-state index is 0.406. The molecule has 1 aliphatic carbocycles. The topological polar surface area (TPSA) is 89.3 Å². The third-order valence-corrected chi connectivity index (χ3v) is 6.93. The van der Waals surface area contributed by atoms with E-state index in [0.717, 1.165) is 86.7 Å². The Morgan fingerprint density at radius 1 is 1.16 bits per heavy atom. The summed E-state index contributed by atoms with van der Waals surface area (Å²) in [5.74, 6) is 1.58. The lowest BCUT2D eigenvalue weighted by Crippen LogP contribution is -2.38. The lowest BCUT2D eigenvalue weighted by molar-refractivity contribution is 0.0322. The zero-order valence-electron chi connectivity index (χ0n) is 17.6. The fraction of sp³-hybridized carbons (Fsp3) is 0.478. The second-order valence-corrected chi connectivity index (χ2v) is 9.09. The predicted molar refractivity (Wildman–Crippen MR) is 122 cm³/mol. The number of halogens is 1. The van der Waals surface area contributed by atoms with Crippen molar-refractivity contribution in [3.63, 3.8) is 0 Å². The van der Waals surface area contributed by atoms with Crippen LogP contribution in [-0.2, 0) is 9.61 Å². The summed E-state index contributed by atoms with van der Waals surface area (Å²) in [6, 6.07) is 7.93. The van der Waals surface area contributed by atoms with Crippen LogP contribution in [0.1, 0.15) is 31.2 Å². The molecular weight excluding hydrogens is 414 g/mol. The first-order chi connectivity index (χ1) is 15.1. The highest BCUT2D eigenvalue weighted by molar-refractivity contribution is 6.25. The van der Waals surface area contributed by atoms with Gasteiger partial charge in [0.25, 0.3) is 0 Å². The molecule has 1 saturated carbocycles. The summed E-state index contributed by atoms with van der Waals surface area (Å²) in [5.41, 5.74) is 10.4. The third kappa shape index (κ3) is 4.22. The van der Waals surface area contributed by atoms with E-state index in [0.29, 0.717) is 17.9 Å². The summed E-state index contributed by atoms with van der Waals surface area (Å²) in [6.45, 7) is 5.12. The number of alkyl halides is 1. The van der Waals surface area contributed by atoms with Gasteiger partial charge in [0, 0.05) is 37.0 Å². The molecule has 1 aromatic carbocycles. The maximum Gasteiger partial charge on any atom is 0.180 e. The summed E-state index contributed by atoms with van der Waals surface area (Å²) < 4.78 is 11.3. The molecule has 0 radical (unpaired) electrons. The van der Waals surface area contributed by atoms with Crippen molar-refractivity contribution in [1.82, 2.24) is 19.9 Å². The van der Waals surface area contributed by atoms with Crippen molar-refractivity contribution in [2.24, 2.45) is 0 Å². The van der Waals surface area contributed by atoms with Gasteiger partial charge < -0.3 is 20.2 Å². The van der Waals surface area contributed by atoms with Gasteiger partial charge in [-0.25, -0.2) is 9.97 Å². The Balaban J connectivity index is 1.29. The number of hydrogen-bond acceptors (Lipinski definition) is 6. The van der Waals surface area contributed by atoms with Crippen molar-refractivity contribution in [3.8, 4) is 17.1 Å². The summed E-state index contributed by atoms with van der Waals surface area (Å²) in [4.78, 5) is 14.5. The van der Waals surface area contributed by atoms with E-state index in [2.05, 4.69) is 19.9 Å². The van der Waals surface area contributed by atoms with E-state index in [1.807, 2.05) is 24.3 Å². The zero-order valence-corrected chi connectivity index (χ0v) is 18.3. The Labute approximate surface area is 186 Å². The van der Waals surface area contributed by atoms with Crippen LogP contribution in [0.15, 0.2) is 30.5 Å². The fourth-order valence-corrected chi connectivity index (χ4v) is 4.92. The number of aromatic amines is 1. The first kappa shape index (κ1) is 20.5. The molecular formula is C23H28ClN5O2. The van der Waals surface area contributed by atoms with Gasteiger partial charge in [-0.05, 0) is 37.1 Å². The molecule has 1 saturated heterocycles. The van der Waals surface area contributed by atoms with Gasteiger partial charge in [0.2, 0.25) is 0 Å². The Kier molecular flexibility index (Phi) is 5.73. The number of nitrogens with two attached hydrogens (primary N) is 1. The van der Waals surface area contributed by atoms with Gasteiger partial charge in [-0.2, -0.15) is 0 Å². The number of benzene rings is 1. The van der Waals surface area contributed by atoms with Crippen LogP contribution in [0, 0.1) is 0 Å². The highest BCUT2D eigenvalue weighted by Gasteiger charge is 2.36. The Morgan fingerprint density at radius 2 is 1.90 bits per heavy atom. The number of aromatic nitrogens is 3. The van der Waals surface area contributed by atoms with Crippen LogP contribution in [0.25, 0.3) is 22.6 Å². The molecule has 2 aromatic heterocycles. The van der Waals surface area contributed by atoms with Crippen LogP contribution in [-0.4, -0.2) is 59.3 Å². The number of anilines is 1. The quantitative estimate of drug-likeness (QED) is 0.563. The molecule has 2 aliphatic rings. The average molecular weight is 442 g/mol. The molecule has 1 aliphatic heterocycles. The van der Waals surface area contributed by atoms with E-state index >= 15 is 0 Å². The number of nitrogens with one attached hydrogen (secondary N) is 1. The number of H-pyrrole nitrogens is 1. The Morgan fingerprint density at radius 3 is 2.65 bits per heavy atom. The predicted octanol–water partition coefficient (Wildman–Crippen LogP) is 3.93. The molecule has 5 rings (SSSR count). The highest BCUT2D eigenvalue weighted by Crippen LogP contribution is 2.47. The summed E-state index contributed by atoms with van der Waals surface area (Å²) in [6.07, 6.45) is 5.90. The average Bonchev–Trinajstić information content (AvgIpc) is 3.43. The number of ether oxygens (including phenoxy) is 2. The fourth-order valence-electron chi connectivity index (χ4n) is 4.50. The van der Waals surface area contributed by atoms with Gasteiger partial charge in [-0.1, -0.05) is 12.8 Å². The molecule has 3 aromatic rings. The lowest BCUT2D eigenvalue weighted by Gasteiger charge is -2.26. The van der Waals surface area contributed by atoms with Crippen molar-refractivity contribution in [3.05, 3.63) is 36.0 Å². The van der Waals surface area contributed by atoms with Gasteiger partial charge in [0.1, 0.15) is 23.7 Å². The number of fused-ring (bicyclic) bond motifs is 1. The first-order valence-electron chi connectivity index (χ1n) is 11.0. The summed E-state index contributed by atoms with van der Waals surface area (Å²) in [5, 5.41) is 0. The summed E-state index contributed by atoms with van der Waals surface area (Å²) in [7, 11) is 0. The normalized spacial score (nSPS) is 19.1. The van der Waals surface area contributed by atoms with E-state index < -0.39 is 4.87 Å². The molecule has 0 amide bonds. The minimum atomic E-state index is -0.406. The number of imidazole rings is 1. The molecule has 3 heterocycles. The molecule has 0 bridgehead atoms. The molecule has 2 fully saturated rings. The smallest absolute Gasteiger partial charge is 0.180 e. The highest BCUT2D eigenvalue weighted by atomic mass is 35.5. The molecule has 0 spiro atoms. The molecule has 164 valence electrons. The molecule has 7 nitrogen and oxygen atoms in total. The number of hydrogen-bond donors (Lipinski definition) is 2. The van der Waals surface area contributed by atoms with Crippen molar-refractivity contribution in [2.45, 2.75) is 30.6 Å². The number of morpholine rings is 1. The number of nitrogen functional groups attached to an aromatic ring is 1. The second-order valence-electron chi connectivity index (χ2n) is 8.37.